The Hall–Kier alpha value is -2.41. The summed E-state index contributed by atoms with van der Waals surface area (Å²) in [7, 11) is 0. The first-order valence-corrected chi connectivity index (χ1v) is 8.72. The normalized spacial score (nSPS) is 20.9. The van der Waals surface area contributed by atoms with Crippen LogP contribution in [-0.2, 0) is 11.3 Å². The third-order valence-electron chi connectivity index (χ3n) is 4.42. The van der Waals surface area contributed by atoms with Gasteiger partial charge in [-0.25, -0.2) is 0 Å². The summed E-state index contributed by atoms with van der Waals surface area (Å²) in [4.78, 5) is 18.3. The Labute approximate surface area is 147 Å². The van der Waals surface area contributed by atoms with E-state index in [9.17, 15) is 9.90 Å². The van der Waals surface area contributed by atoms with E-state index >= 15 is 0 Å². The first kappa shape index (κ1) is 17.4. The van der Waals surface area contributed by atoms with Crippen LogP contribution in [0.25, 0.3) is 0 Å². The van der Waals surface area contributed by atoms with Crippen molar-refractivity contribution in [2.24, 2.45) is 0 Å². The van der Waals surface area contributed by atoms with Crippen LogP contribution in [0.3, 0.4) is 0 Å². The molecule has 0 aromatic carbocycles. The molecule has 7 heteroatoms. The minimum atomic E-state index is -0.581. The second kappa shape index (κ2) is 8.62. The van der Waals surface area contributed by atoms with Gasteiger partial charge in [-0.05, 0) is 31.0 Å². The number of carbonyl (C=O) groups is 1. The molecule has 1 aliphatic heterocycles. The molecule has 0 bridgehead atoms. The number of carbonyl (C=O) groups excluding carboxylic acids is 1. The molecule has 0 unspecified atom stereocenters. The molecule has 2 aromatic heterocycles. The van der Waals surface area contributed by atoms with E-state index in [0.29, 0.717) is 38.1 Å². The van der Waals surface area contributed by atoms with Crippen molar-refractivity contribution < 1.29 is 14.6 Å². The van der Waals surface area contributed by atoms with Crippen molar-refractivity contribution in [3.05, 3.63) is 43.0 Å². The highest BCUT2D eigenvalue weighted by molar-refractivity contribution is 5.76. The number of likely N-dealkylation sites (tertiary alicyclic amines) is 1. The van der Waals surface area contributed by atoms with Crippen LogP contribution in [0.5, 0.6) is 5.75 Å². The van der Waals surface area contributed by atoms with Crippen LogP contribution in [0.4, 0.5) is 0 Å². The SMILES string of the molecule is O=C(CCCn1cccn1)N1CC[C@H](Oc2cccnc2)[C@@H](O)CC1. The molecule has 25 heavy (non-hydrogen) atoms. The lowest BCUT2D eigenvalue weighted by atomic mass is 10.1. The van der Waals surface area contributed by atoms with Gasteiger partial charge >= 0.3 is 0 Å². The van der Waals surface area contributed by atoms with Crippen LogP contribution in [0.1, 0.15) is 25.7 Å². The van der Waals surface area contributed by atoms with Crippen molar-refractivity contribution in [2.75, 3.05) is 13.1 Å². The fraction of sp³-hybridized carbons (Fsp3) is 0.500. The molecule has 2 aromatic rings. The molecule has 0 saturated carbocycles. The van der Waals surface area contributed by atoms with Crippen molar-refractivity contribution in [3.8, 4) is 5.75 Å². The number of ether oxygens (including phenoxy) is 1. The van der Waals surface area contributed by atoms with Gasteiger partial charge in [-0.1, -0.05) is 0 Å². The van der Waals surface area contributed by atoms with Gasteiger partial charge in [0.2, 0.25) is 5.91 Å². The van der Waals surface area contributed by atoms with Gasteiger partial charge in [0.1, 0.15) is 11.9 Å². The molecule has 3 rings (SSSR count). The molecular formula is C18H24N4O3. The second-order valence-electron chi connectivity index (χ2n) is 6.24. The minimum absolute atomic E-state index is 0.126. The molecule has 1 fully saturated rings. The van der Waals surface area contributed by atoms with Crippen LogP contribution in [0, 0.1) is 0 Å². The number of aliphatic hydroxyl groups excluding tert-OH is 1. The van der Waals surface area contributed by atoms with E-state index in [0.717, 1.165) is 13.0 Å². The molecule has 1 N–H and O–H groups in total. The molecule has 1 saturated heterocycles. The van der Waals surface area contributed by atoms with E-state index in [1.54, 1.807) is 24.7 Å². The molecule has 3 heterocycles. The lowest BCUT2D eigenvalue weighted by Crippen LogP contribution is -2.32. The summed E-state index contributed by atoms with van der Waals surface area (Å²) in [6, 6.07) is 5.50. The molecule has 1 amide bonds. The first-order chi connectivity index (χ1) is 12.2. The fourth-order valence-electron chi connectivity index (χ4n) is 3.02. The van der Waals surface area contributed by atoms with Crippen LogP contribution in [0.15, 0.2) is 43.0 Å². The van der Waals surface area contributed by atoms with Crippen LogP contribution in [-0.4, -0.2) is 56.0 Å². The number of amides is 1. The van der Waals surface area contributed by atoms with Gasteiger partial charge in [0.15, 0.2) is 0 Å². The number of aliphatic hydroxyl groups is 1. The van der Waals surface area contributed by atoms with Crippen LogP contribution in [0.2, 0.25) is 0 Å². The monoisotopic (exact) mass is 344 g/mol. The van der Waals surface area contributed by atoms with Crippen molar-refractivity contribution in [3.63, 3.8) is 0 Å². The molecular weight excluding hydrogens is 320 g/mol. The maximum Gasteiger partial charge on any atom is 0.222 e. The first-order valence-electron chi connectivity index (χ1n) is 8.72. The number of rotatable bonds is 6. The van der Waals surface area contributed by atoms with E-state index in [-0.39, 0.29) is 12.0 Å². The van der Waals surface area contributed by atoms with Gasteiger partial charge in [-0.3, -0.25) is 14.5 Å². The Morgan fingerprint density at radius 1 is 1.28 bits per heavy atom. The van der Waals surface area contributed by atoms with Gasteiger partial charge in [-0.15, -0.1) is 0 Å². The Balaban J connectivity index is 1.47. The fourth-order valence-corrected chi connectivity index (χ4v) is 3.02. The molecule has 134 valence electrons. The van der Waals surface area contributed by atoms with Gasteiger partial charge in [0, 0.05) is 51.1 Å². The largest absolute Gasteiger partial charge is 0.486 e. The predicted octanol–water partition coefficient (Wildman–Crippen LogP) is 1.49. The zero-order valence-corrected chi connectivity index (χ0v) is 14.2. The number of nitrogens with zero attached hydrogens (tertiary/aromatic N) is 4. The maximum absolute atomic E-state index is 12.4. The Bertz CT molecular complexity index is 648. The molecule has 0 radical (unpaired) electrons. The van der Waals surface area contributed by atoms with Gasteiger partial charge in [-0.2, -0.15) is 5.10 Å². The number of aryl methyl sites for hydroxylation is 1. The van der Waals surface area contributed by atoms with E-state index in [1.165, 1.54) is 0 Å². The Kier molecular flexibility index (Phi) is 6.00. The van der Waals surface area contributed by atoms with Gasteiger partial charge in [0.05, 0.1) is 12.3 Å². The third-order valence-corrected chi connectivity index (χ3v) is 4.42. The molecule has 7 nitrogen and oxygen atoms in total. The standard InChI is InChI=1S/C18H24N4O3/c23-16-6-12-21(18(24)5-2-10-22-11-3-9-20-22)13-7-17(16)25-15-4-1-8-19-14-15/h1,3-4,8-9,11,14,16-17,23H,2,5-7,10,12-13H2/t16-,17-/m0/s1. The summed E-state index contributed by atoms with van der Waals surface area (Å²) < 4.78 is 7.67. The van der Waals surface area contributed by atoms with Crippen molar-refractivity contribution in [2.45, 2.75) is 44.4 Å². The number of hydrogen-bond acceptors (Lipinski definition) is 5. The quantitative estimate of drug-likeness (QED) is 0.859. The minimum Gasteiger partial charge on any atom is -0.486 e. The number of pyridine rings is 1. The predicted molar refractivity (Wildman–Crippen MR) is 91.9 cm³/mol. The van der Waals surface area contributed by atoms with E-state index in [4.69, 9.17) is 4.74 Å². The third kappa shape index (κ3) is 5.03. The number of aromatic nitrogens is 3. The summed E-state index contributed by atoms with van der Waals surface area (Å²) in [6.45, 7) is 1.90. The molecule has 0 aliphatic carbocycles. The van der Waals surface area contributed by atoms with E-state index in [2.05, 4.69) is 10.1 Å². The highest BCUT2D eigenvalue weighted by Crippen LogP contribution is 2.19. The topological polar surface area (TPSA) is 80.5 Å². The highest BCUT2D eigenvalue weighted by atomic mass is 16.5. The number of hydrogen-bond donors (Lipinski definition) is 1. The summed E-state index contributed by atoms with van der Waals surface area (Å²) >= 11 is 0. The molecule has 0 spiro atoms. The van der Waals surface area contributed by atoms with E-state index in [1.807, 2.05) is 27.9 Å². The zero-order valence-electron chi connectivity index (χ0n) is 14.2. The van der Waals surface area contributed by atoms with Crippen molar-refractivity contribution in [1.82, 2.24) is 19.7 Å². The maximum atomic E-state index is 12.4. The summed E-state index contributed by atoms with van der Waals surface area (Å²) in [5.74, 6) is 0.770. The molecule has 1 aliphatic rings. The Morgan fingerprint density at radius 2 is 2.16 bits per heavy atom. The summed E-state index contributed by atoms with van der Waals surface area (Å²) in [5, 5.41) is 14.5. The Morgan fingerprint density at radius 3 is 2.92 bits per heavy atom. The van der Waals surface area contributed by atoms with Gasteiger partial charge in [0.25, 0.3) is 0 Å². The highest BCUT2D eigenvalue weighted by Gasteiger charge is 2.28. The average molecular weight is 344 g/mol. The lowest BCUT2D eigenvalue weighted by Gasteiger charge is -2.21. The van der Waals surface area contributed by atoms with Crippen molar-refractivity contribution >= 4 is 5.91 Å². The smallest absolute Gasteiger partial charge is 0.222 e. The summed E-state index contributed by atoms with van der Waals surface area (Å²) in [6.07, 6.45) is 8.44. The van der Waals surface area contributed by atoms with Crippen molar-refractivity contribution in [1.29, 1.82) is 0 Å². The average Bonchev–Trinajstić information content (AvgIpc) is 3.08. The van der Waals surface area contributed by atoms with E-state index < -0.39 is 6.10 Å². The zero-order chi connectivity index (χ0) is 17.5. The molecule has 2 atom stereocenters. The van der Waals surface area contributed by atoms with Crippen LogP contribution >= 0.6 is 0 Å². The van der Waals surface area contributed by atoms with Gasteiger partial charge < -0.3 is 14.7 Å². The van der Waals surface area contributed by atoms with Crippen LogP contribution < -0.4 is 4.74 Å². The lowest BCUT2D eigenvalue weighted by molar-refractivity contribution is -0.131. The summed E-state index contributed by atoms with van der Waals surface area (Å²) in [5.41, 5.74) is 0. The second-order valence-corrected chi connectivity index (χ2v) is 6.24.